The number of hydrogen-bond donors (Lipinski definition) is 1. The van der Waals surface area contributed by atoms with Crippen LogP contribution in [-0.2, 0) is 4.79 Å². The summed E-state index contributed by atoms with van der Waals surface area (Å²) in [5.41, 5.74) is 0.948. The number of aldehydes is 1. The van der Waals surface area contributed by atoms with Crippen LogP contribution in [0.25, 0.3) is 0 Å². The van der Waals surface area contributed by atoms with Crippen molar-refractivity contribution < 1.29 is 19.2 Å². The first-order valence-electron chi connectivity index (χ1n) is 8.69. The molecule has 1 N–H and O–H groups in total. The molecule has 2 rings (SSSR count). The first-order valence-corrected chi connectivity index (χ1v) is 8.69. The van der Waals surface area contributed by atoms with Gasteiger partial charge >= 0.3 is 5.69 Å². The Morgan fingerprint density at radius 2 is 1.96 bits per heavy atom. The maximum atomic E-state index is 12.3. The summed E-state index contributed by atoms with van der Waals surface area (Å²) in [6.07, 6.45) is 0.457. The zero-order valence-electron chi connectivity index (χ0n) is 15.3. The number of nitro benzene ring substituents is 1. The van der Waals surface area contributed by atoms with Gasteiger partial charge in [0, 0.05) is 24.1 Å². The number of ether oxygens (including phenoxy) is 1. The number of carbonyl (C=O) groups excluding carboxylic acids is 2. The van der Waals surface area contributed by atoms with E-state index in [0.717, 1.165) is 18.1 Å². The van der Waals surface area contributed by atoms with Gasteiger partial charge in [0.1, 0.15) is 6.29 Å². The second-order valence-electron chi connectivity index (χ2n) is 6.12. The average molecular weight is 370 g/mol. The molecule has 0 aliphatic rings. The van der Waals surface area contributed by atoms with Crippen molar-refractivity contribution >= 4 is 17.9 Å². The van der Waals surface area contributed by atoms with E-state index in [0.29, 0.717) is 12.8 Å². The number of amides is 1. The number of rotatable bonds is 9. The molecule has 2 aromatic rings. The van der Waals surface area contributed by atoms with E-state index in [1.165, 1.54) is 19.1 Å². The van der Waals surface area contributed by atoms with Crippen LogP contribution in [0.2, 0.25) is 0 Å². The molecular weight excluding hydrogens is 348 g/mol. The van der Waals surface area contributed by atoms with Crippen LogP contribution in [-0.4, -0.2) is 29.8 Å². The van der Waals surface area contributed by atoms with Crippen LogP contribution >= 0.6 is 0 Å². The minimum absolute atomic E-state index is 0.0525. The molecule has 0 radical (unpaired) electrons. The third kappa shape index (κ3) is 5.37. The Kier molecular flexibility index (Phi) is 7.05. The predicted molar refractivity (Wildman–Crippen MR) is 101 cm³/mol. The van der Waals surface area contributed by atoms with E-state index in [2.05, 4.69) is 5.32 Å². The molecular formula is C20H22N2O5. The number of benzene rings is 2. The lowest BCUT2D eigenvalue weighted by Gasteiger charge is -2.19. The van der Waals surface area contributed by atoms with Gasteiger partial charge in [0.15, 0.2) is 11.9 Å². The van der Waals surface area contributed by atoms with Crippen LogP contribution in [0.5, 0.6) is 5.75 Å². The standard InChI is InChI=1S/C20H22N2O5/c1-3-16(17-7-5-4-6-8-17)12-21-20(24)14(2)27-19-10-9-15(13-23)11-18(19)22(25)26/h4-11,13-14,16H,3,12H2,1-2H3,(H,21,24)/t14-,16-/m0/s1. The SMILES string of the molecule is CC[C@@H](CNC(=O)[C@H](C)Oc1ccc(C=O)cc1[N+](=O)[O-])c1ccccc1. The summed E-state index contributed by atoms with van der Waals surface area (Å²) < 4.78 is 5.47. The Morgan fingerprint density at radius 3 is 2.56 bits per heavy atom. The van der Waals surface area contributed by atoms with Crippen molar-refractivity contribution in [2.24, 2.45) is 0 Å². The Hall–Kier alpha value is -3.22. The lowest BCUT2D eigenvalue weighted by Crippen LogP contribution is -2.38. The van der Waals surface area contributed by atoms with Crippen molar-refractivity contribution in [3.8, 4) is 5.75 Å². The van der Waals surface area contributed by atoms with Gasteiger partial charge in [-0.1, -0.05) is 37.3 Å². The Morgan fingerprint density at radius 1 is 1.26 bits per heavy atom. The van der Waals surface area contributed by atoms with Crippen molar-refractivity contribution in [2.45, 2.75) is 32.3 Å². The molecule has 2 aromatic carbocycles. The fourth-order valence-corrected chi connectivity index (χ4v) is 2.68. The summed E-state index contributed by atoms with van der Waals surface area (Å²) in [5, 5.41) is 14.0. The van der Waals surface area contributed by atoms with Crippen LogP contribution in [0.3, 0.4) is 0 Å². The van der Waals surface area contributed by atoms with Crippen LogP contribution < -0.4 is 10.1 Å². The quantitative estimate of drug-likeness (QED) is 0.414. The smallest absolute Gasteiger partial charge is 0.311 e. The second-order valence-corrected chi connectivity index (χ2v) is 6.12. The van der Waals surface area contributed by atoms with E-state index in [9.17, 15) is 19.7 Å². The molecule has 0 heterocycles. The van der Waals surface area contributed by atoms with Gasteiger partial charge in [-0.15, -0.1) is 0 Å². The Bertz CT molecular complexity index is 807. The monoisotopic (exact) mass is 370 g/mol. The highest BCUT2D eigenvalue weighted by atomic mass is 16.6. The molecule has 27 heavy (non-hydrogen) atoms. The van der Waals surface area contributed by atoms with E-state index >= 15 is 0 Å². The molecule has 0 saturated carbocycles. The number of nitro groups is 1. The van der Waals surface area contributed by atoms with Crippen molar-refractivity contribution in [3.63, 3.8) is 0 Å². The van der Waals surface area contributed by atoms with E-state index in [1.807, 2.05) is 37.3 Å². The number of carbonyl (C=O) groups is 2. The van der Waals surface area contributed by atoms with Crippen molar-refractivity contribution in [3.05, 3.63) is 69.8 Å². The fourth-order valence-electron chi connectivity index (χ4n) is 2.68. The van der Waals surface area contributed by atoms with Crippen LogP contribution in [0.15, 0.2) is 48.5 Å². The molecule has 0 aromatic heterocycles. The third-order valence-corrected chi connectivity index (χ3v) is 4.28. The largest absolute Gasteiger partial charge is 0.474 e. The third-order valence-electron chi connectivity index (χ3n) is 4.28. The van der Waals surface area contributed by atoms with Crippen LogP contribution in [0.4, 0.5) is 5.69 Å². The second kappa shape index (κ2) is 9.47. The number of nitrogens with zero attached hydrogens (tertiary/aromatic N) is 1. The zero-order chi connectivity index (χ0) is 19.8. The molecule has 0 aliphatic carbocycles. The van der Waals surface area contributed by atoms with Gasteiger partial charge in [0.25, 0.3) is 5.91 Å². The molecule has 7 heteroatoms. The Balaban J connectivity index is 2.01. The van der Waals surface area contributed by atoms with Crippen molar-refractivity contribution in [2.75, 3.05) is 6.54 Å². The lowest BCUT2D eigenvalue weighted by molar-refractivity contribution is -0.386. The maximum absolute atomic E-state index is 12.3. The normalized spacial score (nSPS) is 12.7. The van der Waals surface area contributed by atoms with Crippen molar-refractivity contribution in [1.29, 1.82) is 0 Å². The first kappa shape index (κ1) is 20.1. The highest BCUT2D eigenvalue weighted by molar-refractivity contribution is 5.81. The number of nitrogens with one attached hydrogen (secondary N) is 1. The molecule has 7 nitrogen and oxygen atoms in total. The molecule has 0 saturated heterocycles. The van der Waals surface area contributed by atoms with E-state index in [4.69, 9.17) is 4.74 Å². The molecule has 142 valence electrons. The van der Waals surface area contributed by atoms with Gasteiger partial charge in [-0.3, -0.25) is 19.7 Å². The molecule has 1 amide bonds. The topological polar surface area (TPSA) is 98.5 Å². The first-order chi connectivity index (χ1) is 13.0. The highest BCUT2D eigenvalue weighted by Crippen LogP contribution is 2.28. The van der Waals surface area contributed by atoms with Crippen LogP contribution in [0, 0.1) is 10.1 Å². The zero-order valence-corrected chi connectivity index (χ0v) is 15.3. The maximum Gasteiger partial charge on any atom is 0.311 e. The van der Waals surface area contributed by atoms with Gasteiger partial charge in [-0.25, -0.2) is 0 Å². The van der Waals surface area contributed by atoms with Gasteiger partial charge < -0.3 is 10.1 Å². The molecule has 0 unspecified atom stereocenters. The lowest BCUT2D eigenvalue weighted by atomic mass is 9.96. The Labute approximate surface area is 157 Å². The minimum Gasteiger partial charge on any atom is -0.474 e. The highest BCUT2D eigenvalue weighted by Gasteiger charge is 2.22. The van der Waals surface area contributed by atoms with Gasteiger partial charge in [-0.05, 0) is 31.0 Å². The summed E-state index contributed by atoms with van der Waals surface area (Å²) in [4.78, 5) is 33.6. The number of hydrogen-bond acceptors (Lipinski definition) is 5. The summed E-state index contributed by atoms with van der Waals surface area (Å²) in [6, 6.07) is 13.7. The molecule has 0 spiro atoms. The molecule has 0 aliphatic heterocycles. The molecule has 0 fully saturated rings. The van der Waals surface area contributed by atoms with Gasteiger partial charge in [-0.2, -0.15) is 0 Å². The van der Waals surface area contributed by atoms with E-state index < -0.39 is 11.0 Å². The van der Waals surface area contributed by atoms with Gasteiger partial charge in [0.05, 0.1) is 4.92 Å². The van der Waals surface area contributed by atoms with Gasteiger partial charge in [0.2, 0.25) is 0 Å². The summed E-state index contributed by atoms with van der Waals surface area (Å²) in [7, 11) is 0. The van der Waals surface area contributed by atoms with E-state index in [1.54, 1.807) is 0 Å². The van der Waals surface area contributed by atoms with E-state index in [-0.39, 0.29) is 28.8 Å². The fraction of sp³-hybridized carbons (Fsp3) is 0.300. The summed E-state index contributed by atoms with van der Waals surface area (Å²) in [5.74, 6) is -0.245. The summed E-state index contributed by atoms with van der Waals surface area (Å²) >= 11 is 0. The van der Waals surface area contributed by atoms with Crippen LogP contribution in [0.1, 0.15) is 42.1 Å². The predicted octanol–water partition coefficient (Wildman–Crippen LogP) is 3.48. The molecule has 0 bridgehead atoms. The minimum atomic E-state index is -0.918. The average Bonchev–Trinajstić information content (AvgIpc) is 2.69. The molecule has 2 atom stereocenters. The summed E-state index contributed by atoms with van der Waals surface area (Å²) in [6.45, 7) is 4.01. The van der Waals surface area contributed by atoms with Crippen molar-refractivity contribution in [1.82, 2.24) is 5.32 Å².